The van der Waals surface area contributed by atoms with E-state index in [9.17, 15) is 0 Å². The first-order valence-corrected chi connectivity index (χ1v) is 2.73. The Balaban J connectivity index is 2.96. The molecule has 0 aliphatic heterocycles. The molecule has 0 rings (SSSR count). The first-order chi connectivity index (χ1) is 2.81. The summed E-state index contributed by atoms with van der Waals surface area (Å²) in [5.41, 5.74) is 0. The second kappa shape index (κ2) is 3.73. The molecule has 6 heteroatoms. The van der Waals surface area contributed by atoms with Crippen LogP contribution in [0.5, 0.6) is 0 Å². The van der Waals surface area contributed by atoms with Gasteiger partial charge in [0.1, 0.15) is 0 Å². The summed E-state index contributed by atoms with van der Waals surface area (Å²) in [5, 5.41) is 0. The Hall–Kier alpha value is 0.545. The molecule has 6 heavy (non-hydrogen) atoms. The molecule has 26 valence electrons. The second-order valence-electron chi connectivity index (χ2n) is 1.52. The number of hydrogen-bond donors (Lipinski definition) is 0. The molecular formula is H5B5S. The fourth-order valence-electron chi connectivity index (χ4n) is 0.0962. The van der Waals surface area contributed by atoms with Crippen LogP contribution in [-0.2, 0) is 0 Å². The zero-order valence-corrected chi connectivity index (χ0v) is 5.09. The van der Waals surface area contributed by atoms with Crippen LogP contribution in [0.4, 0.5) is 0 Å². The standard InChI is InChI=1S/B5H5S/c1-3-5(2)4-6/h3H,1-2H2. The first kappa shape index (κ1) is 6.54. The van der Waals surface area contributed by atoms with E-state index in [0.717, 1.165) is 0 Å². The van der Waals surface area contributed by atoms with Crippen LogP contribution in [0, 0.1) is 0 Å². The molecule has 0 saturated heterocycles. The second-order valence-corrected chi connectivity index (χ2v) is 1.79. The van der Waals surface area contributed by atoms with Crippen LogP contribution in [-0.4, -0.2) is 35.0 Å². The van der Waals surface area contributed by atoms with E-state index < -0.39 is 0 Å². The van der Waals surface area contributed by atoms with E-state index >= 15 is 0 Å². The van der Waals surface area contributed by atoms with Gasteiger partial charge >= 0.3 is 47.0 Å². The third-order valence-corrected chi connectivity index (χ3v) is 1.34. The first-order valence-electron chi connectivity index (χ1n) is 2.26. The average molecular weight is 91.2 g/mol. The topological polar surface area (TPSA) is 0 Å². The molecule has 0 radical (unpaired) electrons. The molecule has 0 aliphatic carbocycles. The molecule has 0 aromatic heterocycles. The molecular weight excluding hydrogens is 86.1 g/mol. The predicted molar refractivity (Wildman–Crippen MR) is 43.3 cm³/mol. The summed E-state index contributed by atoms with van der Waals surface area (Å²) in [6, 6.07) is 1.81. The molecule has 0 aromatic carbocycles. The Morgan fingerprint density at radius 3 is 2.33 bits per heavy atom. The van der Waals surface area contributed by atoms with Gasteiger partial charge in [0.2, 0.25) is 0 Å². The van der Waals surface area contributed by atoms with Gasteiger partial charge in [-0.15, -0.1) is 0 Å². The number of rotatable bonds is 2. The van der Waals surface area contributed by atoms with Crippen molar-refractivity contribution in [2.75, 3.05) is 0 Å². The Morgan fingerprint density at radius 1 is 1.83 bits per heavy atom. The molecule has 0 saturated carbocycles. The Kier molecular flexibility index (Phi) is 4.06. The molecule has 0 bridgehead atoms. The third-order valence-electron chi connectivity index (χ3n) is 0.876. The summed E-state index contributed by atoms with van der Waals surface area (Å²) >= 11 is 4.65. The van der Waals surface area contributed by atoms with E-state index in [1.54, 1.807) is 6.05 Å². The fraction of sp³-hybridized carbons (Fsp3) is 0. The van der Waals surface area contributed by atoms with Crippen LogP contribution in [0.3, 0.4) is 0 Å². The minimum absolute atomic E-state index is 0.625. The normalized spacial score (nSPS) is 6.00. The van der Waals surface area contributed by atoms with Crippen molar-refractivity contribution in [2.45, 2.75) is 0 Å². The van der Waals surface area contributed by atoms with Crippen molar-refractivity contribution in [1.82, 2.24) is 0 Å². The predicted octanol–water partition coefficient (Wildman–Crippen LogP) is -2.59. The molecule has 0 spiro atoms. The Morgan fingerprint density at radius 2 is 2.33 bits per heavy atom. The van der Waals surface area contributed by atoms with Gasteiger partial charge in [0, 0.05) is 0 Å². The summed E-state index contributed by atoms with van der Waals surface area (Å²) in [4.78, 5) is 0. The molecule has 0 nitrogen and oxygen atoms in total. The van der Waals surface area contributed by atoms with Crippen LogP contribution in [0.25, 0.3) is 0 Å². The maximum atomic E-state index is 4.65. The summed E-state index contributed by atoms with van der Waals surface area (Å²) in [5.74, 6) is 0. The van der Waals surface area contributed by atoms with Gasteiger partial charge in [-0.05, 0) is 0 Å². The Bertz CT molecular complexity index is 41.2. The summed E-state index contributed by atoms with van der Waals surface area (Å²) < 4.78 is 0. The SMILES string of the molecule is BBB(B)B=S. The van der Waals surface area contributed by atoms with E-state index in [0.29, 0.717) is 6.39 Å². The van der Waals surface area contributed by atoms with Crippen molar-refractivity contribution in [3.05, 3.63) is 0 Å². The van der Waals surface area contributed by atoms with Crippen LogP contribution in [0.1, 0.15) is 0 Å². The van der Waals surface area contributed by atoms with E-state index in [4.69, 9.17) is 0 Å². The van der Waals surface area contributed by atoms with Crippen molar-refractivity contribution in [1.29, 1.82) is 0 Å². The van der Waals surface area contributed by atoms with Gasteiger partial charge in [0.15, 0.2) is 0 Å². The molecule has 0 N–H and O–H groups in total. The summed E-state index contributed by atoms with van der Waals surface area (Å²) in [6.07, 6.45) is 0.625. The van der Waals surface area contributed by atoms with E-state index in [1.807, 2.05) is 0 Å². The maximum absolute atomic E-state index is 4.65. The number of hydrogen-bond acceptors (Lipinski definition) is 1. The average Bonchev–Trinajstić information content (AvgIpc) is 1.65. The zero-order valence-electron chi connectivity index (χ0n) is 4.27. The molecule has 0 aromatic rings. The van der Waals surface area contributed by atoms with Crippen LogP contribution >= 0.6 is 12.1 Å². The van der Waals surface area contributed by atoms with Gasteiger partial charge in [-0.25, -0.2) is 0 Å². The van der Waals surface area contributed by atoms with Crippen molar-refractivity contribution in [2.24, 2.45) is 0 Å². The third kappa shape index (κ3) is 2.76. The van der Waals surface area contributed by atoms with Gasteiger partial charge in [0.25, 0.3) is 0 Å². The van der Waals surface area contributed by atoms with Crippen LogP contribution in [0.2, 0.25) is 0 Å². The van der Waals surface area contributed by atoms with E-state index in [2.05, 4.69) is 27.5 Å². The van der Waals surface area contributed by atoms with Gasteiger partial charge in [-0.1, -0.05) is 0 Å². The van der Waals surface area contributed by atoms with Crippen molar-refractivity contribution >= 4 is 47.0 Å². The zero-order chi connectivity index (χ0) is 4.99. The monoisotopic (exact) mass is 92.1 g/mol. The Labute approximate surface area is 47.6 Å². The summed E-state index contributed by atoms with van der Waals surface area (Å²) in [6.45, 7) is 0. The van der Waals surface area contributed by atoms with Crippen LogP contribution in [0.15, 0.2) is 0 Å². The van der Waals surface area contributed by atoms with Gasteiger partial charge in [0.05, 0.1) is 0 Å². The molecule has 0 fully saturated rings. The van der Waals surface area contributed by atoms with E-state index in [-0.39, 0.29) is 0 Å². The summed E-state index contributed by atoms with van der Waals surface area (Å²) in [7, 11) is 5.42. The minimum atomic E-state index is 0.625. The van der Waals surface area contributed by atoms with E-state index in [1.165, 1.54) is 7.06 Å². The van der Waals surface area contributed by atoms with Gasteiger partial charge in [-0.2, -0.15) is 0 Å². The fourth-order valence-corrected chi connectivity index (χ4v) is 0.289. The molecule has 0 aliphatic rings. The van der Waals surface area contributed by atoms with Crippen LogP contribution < -0.4 is 0 Å². The van der Waals surface area contributed by atoms with Gasteiger partial charge in [-0.3, -0.25) is 0 Å². The molecule has 0 heterocycles. The van der Waals surface area contributed by atoms with Crippen molar-refractivity contribution in [3.8, 4) is 0 Å². The van der Waals surface area contributed by atoms with Crippen molar-refractivity contribution in [3.63, 3.8) is 0 Å². The quantitative estimate of drug-likeness (QED) is 0.336. The molecule has 0 amide bonds. The molecule has 0 atom stereocenters. The van der Waals surface area contributed by atoms with Crippen molar-refractivity contribution < 1.29 is 0 Å². The van der Waals surface area contributed by atoms with Gasteiger partial charge < -0.3 is 0 Å². The molecule has 0 unspecified atom stereocenters.